The third-order valence-corrected chi connectivity index (χ3v) is 6.43. The standard InChI is InChI=1S/C24H23ClF2N4O4/c1-14-20(22(32)33)21(15-4-2-5-16(25)12-15)31(23(34)28-14)9-3-8-29-10-11-30(24(29)35)19-7-6-17(26)13-18(19)27/h2,4-7,12-13,20-21H,3,8-11H2,1H3,(H,32,33). The lowest BCUT2D eigenvalue weighted by atomic mass is 9.87. The maximum absolute atomic E-state index is 14.1. The Kier molecular flexibility index (Phi) is 7.02. The van der Waals surface area contributed by atoms with Crippen LogP contribution in [-0.4, -0.2) is 64.8 Å². The Morgan fingerprint density at radius 2 is 1.91 bits per heavy atom. The molecule has 2 aliphatic rings. The van der Waals surface area contributed by atoms with E-state index in [-0.39, 0.29) is 31.0 Å². The molecule has 2 atom stereocenters. The van der Waals surface area contributed by atoms with Crippen molar-refractivity contribution in [1.29, 1.82) is 0 Å². The smallest absolute Gasteiger partial charge is 0.344 e. The van der Waals surface area contributed by atoms with E-state index in [1.54, 1.807) is 24.3 Å². The molecular weight excluding hydrogens is 482 g/mol. The fourth-order valence-electron chi connectivity index (χ4n) is 4.57. The zero-order valence-electron chi connectivity index (χ0n) is 18.8. The van der Waals surface area contributed by atoms with E-state index in [1.165, 1.54) is 27.7 Å². The minimum absolute atomic E-state index is 0.000223. The van der Waals surface area contributed by atoms with Gasteiger partial charge in [-0.3, -0.25) is 9.69 Å². The SMILES string of the molecule is CC1=NC(=O)N(CCCN2CCN(c3ccc(F)cc3F)C2=O)C(c2cccc(Cl)c2)C1C(=O)O. The molecule has 8 nitrogen and oxygen atoms in total. The van der Waals surface area contributed by atoms with Gasteiger partial charge < -0.3 is 14.9 Å². The molecule has 0 spiro atoms. The van der Waals surface area contributed by atoms with Gasteiger partial charge in [0.15, 0.2) is 0 Å². The minimum Gasteiger partial charge on any atom is -0.481 e. The molecule has 11 heteroatoms. The molecule has 1 saturated heterocycles. The number of halogens is 3. The molecule has 2 aromatic rings. The highest BCUT2D eigenvalue weighted by molar-refractivity contribution is 6.30. The van der Waals surface area contributed by atoms with Crippen LogP contribution in [0.1, 0.15) is 24.9 Å². The Bertz CT molecular complexity index is 1210. The summed E-state index contributed by atoms with van der Waals surface area (Å²) < 4.78 is 27.4. The maximum atomic E-state index is 14.1. The Balaban J connectivity index is 1.48. The number of benzene rings is 2. The van der Waals surface area contributed by atoms with Gasteiger partial charge in [-0.15, -0.1) is 0 Å². The molecule has 184 valence electrons. The van der Waals surface area contributed by atoms with Crippen molar-refractivity contribution in [3.8, 4) is 0 Å². The van der Waals surface area contributed by atoms with E-state index < -0.39 is 41.6 Å². The van der Waals surface area contributed by atoms with E-state index in [4.69, 9.17) is 11.6 Å². The number of rotatable bonds is 7. The van der Waals surface area contributed by atoms with Gasteiger partial charge in [0.1, 0.15) is 17.6 Å². The molecular formula is C24H23ClF2N4O4. The Morgan fingerprint density at radius 3 is 2.60 bits per heavy atom. The molecule has 35 heavy (non-hydrogen) atoms. The number of hydrogen-bond acceptors (Lipinski definition) is 3. The Hall–Kier alpha value is -3.53. The third kappa shape index (κ3) is 4.97. The van der Waals surface area contributed by atoms with E-state index >= 15 is 0 Å². The van der Waals surface area contributed by atoms with Gasteiger partial charge >= 0.3 is 18.0 Å². The van der Waals surface area contributed by atoms with Crippen LogP contribution in [0, 0.1) is 17.6 Å². The highest BCUT2D eigenvalue weighted by Crippen LogP contribution is 2.35. The van der Waals surface area contributed by atoms with Crippen LogP contribution in [0.25, 0.3) is 0 Å². The monoisotopic (exact) mass is 504 g/mol. The summed E-state index contributed by atoms with van der Waals surface area (Å²) in [6, 6.07) is 7.92. The number of aliphatic imine (C=N–C) groups is 1. The van der Waals surface area contributed by atoms with Crippen molar-refractivity contribution >= 4 is 41.0 Å². The van der Waals surface area contributed by atoms with Crippen LogP contribution in [0.5, 0.6) is 0 Å². The van der Waals surface area contributed by atoms with Crippen molar-refractivity contribution in [2.24, 2.45) is 10.9 Å². The molecule has 1 fully saturated rings. The molecule has 0 aliphatic carbocycles. The quantitative estimate of drug-likeness (QED) is 0.597. The lowest BCUT2D eigenvalue weighted by Crippen LogP contribution is -2.47. The molecule has 2 aliphatic heterocycles. The second kappa shape index (κ2) is 9.99. The molecule has 4 amide bonds. The van der Waals surface area contributed by atoms with E-state index in [2.05, 4.69) is 4.99 Å². The summed E-state index contributed by atoms with van der Waals surface area (Å²) in [5.41, 5.74) is 0.776. The predicted molar refractivity (Wildman–Crippen MR) is 126 cm³/mol. The van der Waals surface area contributed by atoms with Crippen LogP contribution in [0.15, 0.2) is 47.5 Å². The van der Waals surface area contributed by atoms with Gasteiger partial charge in [0, 0.05) is 43.0 Å². The van der Waals surface area contributed by atoms with Crippen molar-refractivity contribution in [3.63, 3.8) is 0 Å². The largest absolute Gasteiger partial charge is 0.481 e. The average Bonchev–Trinajstić information content (AvgIpc) is 3.14. The van der Waals surface area contributed by atoms with Gasteiger partial charge in [0.25, 0.3) is 0 Å². The normalized spacial score (nSPS) is 20.5. The summed E-state index contributed by atoms with van der Waals surface area (Å²) in [6.07, 6.45) is 0.342. The van der Waals surface area contributed by atoms with Crippen LogP contribution in [-0.2, 0) is 4.79 Å². The average molecular weight is 505 g/mol. The summed E-state index contributed by atoms with van der Waals surface area (Å²) in [7, 11) is 0. The summed E-state index contributed by atoms with van der Waals surface area (Å²) in [5.74, 6) is -3.71. The summed E-state index contributed by atoms with van der Waals surface area (Å²) in [4.78, 5) is 45.7. The van der Waals surface area contributed by atoms with Crippen LogP contribution in [0.3, 0.4) is 0 Å². The number of carbonyl (C=O) groups is 3. The van der Waals surface area contributed by atoms with Crippen molar-refractivity contribution in [3.05, 3.63) is 64.7 Å². The van der Waals surface area contributed by atoms with Gasteiger partial charge in [-0.25, -0.2) is 23.4 Å². The van der Waals surface area contributed by atoms with E-state index in [9.17, 15) is 28.3 Å². The summed E-state index contributed by atoms with van der Waals surface area (Å²) in [6.45, 7) is 2.48. The molecule has 0 saturated carbocycles. The van der Waals surface area contributed by atoms with Crippen LogP contribution >= 0.6 is 11.6 Å². The molecule has 0 radical (unpaired) electrons. The molecule has 2 aromatic carbocycles. The molecule has 4 rings (SSSR count). The van der Waals surface area contributed by atoms with Crippen molar-refractivity contribution in [2.75, 3.05) is 31.1 Å². The molecule has 2 unspecified atom stereocenters. The van der Waals surface area contributed by atoms with Crippen LogP contribution in [0.2, 0.25) is 5.02 Å². The first-order chi connectivity index (χ1) is 16.7. The zero-order chi connectivity index (χ0) is 25.3. The minimum atomic E-state index is -1.11. The van der Waals surface area contributed by atoms with Crippen molar-refractivity contribution in [1.82, 2.24) is 9.80 Å². The lowest BCUT2D eigenvalue weighted by molar-refractivity contribution is -0.141. The first kappa shape index (κ1) is 24.6. The molecule has 2 heterocycles. The summed E-state index contributed by atoms with van der Waals surface area (Å²) >= 11 is 6.12. The number of nitrogens with zero attached hydrogens (tertiary/aromatic N) is 4. The third-order valence-electron chi connectivity index (χ3n) is 6.20. The van der Waals surface area contributed by atoms with Gasteiger partial charge in [-0.05, 0) is 43.2 Å². The zero-order valence-corrected chi connectivity index (χ0v) is 19.6. The number of anilines is 1. The van der Waals surface area contributed by atoms with Gasteiger partial charge in [-0.2, -0.15) is 0 Å². The fourth-order valence-corrected chi connectivity index (χ4v) is 4.77. The second-order valence-electron chi connectivity index (χ2n) is 8.42. The number of urea groups is 2. The van der Waals surface area contributed by atoms with Crippen LogP contribution in [0.4, 0.5) is 24.1 Å². The van der Waals surface area contributed by atoms with E-state index in [0.29, 0.717) is 23.6 Å². The number of carboxylic acid groups (broad SMARTS) is 1. The Morgan fingerprint density at radius 1 is 1.14 bits per heavy atom. The number of aliphatic carboxylic acids is 1. The Labute approximate surface area is 205 Å². The number of amides is 4. The number of carbonyl (C=O) groups excluding carboxylic acids is 2. The van der Waals surface area contributed by atoms with Crippen molar-refractivity contribution < 1.29 is 28.3 Å². The fraction of sp³-hybridized carbons (Fsp3) is 0.333. The first-order valence-electron chi connectivity index (χ1n) is 11.0. The topological polar surface area (TPSA) is 93.5 Å². The first-order valence-corrected chi connectivity index (χ1v) is 11.4. The highest BCUT2D eigenvalue weighted by atomic mass is 35.5. The molecule has 1 N–H and O–H groups in total. The van der Waals surface area contributed by atoms with Crippen molar-refractivity contribution in [2.45, 2.75) is 19.4 Å². The van der Waals surface area contributed by atoms with E-state index in [0.717, 1.165) is 12.1 Å². The predicted octanol–water partition coefficient (Wildman–Crippen LogP) is 4.59. The maximum Gasteiger partial charge on any atom is 0.344 e. The van der Waals surface area contributed by atoms with Gasteiger partial charge in [-0.1, -0.05) is 23.7 Å². The molecule has 0 bridgehead atoms. The lowest BCUT2D eigenvalue weighted by Gasteiger charge is -2.38. The number of hydrogen-bond donors (Lipinski definition) is 1. The number of carboxylic acids is 1. The van der Waals surface area contributed by atoms with E-state index in [1.807, 2.05) is 0 Å². The highest BCUT2D eigenvalue weighted by Gasteiger charge is 2.42. The van der Waals surface area contributed by atoms with Gasteiger partial charge in [0.2, 0.25) is 0 Å². The summed E-state index contributed by atoms with van der Waals surface area (Å²) in [5, 5.41) is 10.3. The van der Waals surface area contributed by atoms with Crippen LogP contribution < -0.4 is 4.90 Å². The second-order valence-corrected chi connectivity index (χ2v) is 8.85. The van der Waals surface area contributed by atoms with Gasteiger partial charge in [0.05, 0.1) is 11.7 Å². The molecule has 0 aromatic heterocycles.